The van der Waals surface area contributed by atoms with Gasteiger partial charge in [-0.2, -0.15) is 0 Å². The van der Waals surface area contributed by atoms with Gasteiger partial charge in [0, 0.05) is 6.54 Å². The van der Waals surface area contributed by atoms with Gasteiger partial charge in [-0.25, -0.2) is 4.79 Å². The molecule has 2 N–H and O–H groups in total. The predicted molar refractivity (Wildman–Crippen MR) is 63.9 cm³/mol. The van der Waals surface area contributed by atoms with Crippen molar-refractivity contribution < 1.29 is 14.3 Å². The molecule has 5 heteroatoms. The van der Waals surface area contributed by atoms with Gasteiger partial charge in [0.05, 0.1) is 13.7 Å². The Balaban J connectivity index is 2.34. The lowest BCUT2D eigenvalue weighted by atomic mass is 10.2. The van der Waals surface area contributed by atoms with Gasteiger partial charge in [-0.3, -0.25) is 4.79 Å². The van der Waals surface area contributed by atoms with Crippen LogP contribution in [0.15, 0.2) is 24.3 Å². The number of Topliss-reactive ketones (excluding diaryl/α,β-unsaturated/α-hetero) is 1. The summed E-state index contributed by atoms with van der Waals surface area (Å²) in [5.74, 6) is 0.694. The number of rotatable bonds is 5. The summed E-state index contributed by atoms with van der Waals surface area (Å²) < 4.78 is 5.02. The van der Waals surface area contributed by atoms with Crippen molar-refractivity contribution in [2.45, 2.75) is 13.5 Å². The van der Waals surface area contributed by atoms with Crippen molar-refractivity contribution in [2.24, 2.45) is 0 Å². The highest BCUT2D eigenvalue weighted by atomic mass is 16.5. The second kappa shape index (κ2) is 6.52. The third-order valence-corrected chi connectivity index (χ3v) is 2.11. The fourth-order valence-electron chi connectivity index (χ4n) is 1.19. The summed E-state index contributed by atoms with van der Waals surface area (Å²) in [4.78, 5) is 21.9. The second-order valence-corrected chi connectivity index (χ2v) is 3.59. The Morgan fingerprint density at radius 3 is 2.35 bits per heavy atom. The monoisotopic (exact) mass is 236 g/mol. The Morgan fingerprint density at radius 2 is 1.82 bits per heavy atom. The van der Waals surface area contributed by atoms with E-state index in [-0.39, 0.29) is 18.4 Å². The number of benzene rings is 1. The van der Waals surface area contributed by atoms with Gasteiger partial charge in [0.1, 0.15) is 11.5 Å². The maximum atomic E-state index is 11.2. The first-order valence-corrected chi connectivity index (χ1v) is 5.26. The van der Waals surface area contributed by atoms with Gasteiger partial charge in [0.25, 0.3) is 0 Å². The maximum Gasteiger partial charge on any atom is 0.315 e. The Hall–Kier alpha value is -2.04. The van der Waals surface area contributed by atoms with E-state index in [9.17, 15) is 9.59 Å². The van der Waals surface area contributed by atoms with Crippen molar-refractivity contribution in [3.05, 3.63) is 29.8 Å². The Bertz CT molecular complexity index is 387. The Labute approximate surface area is 100 Å². The smallest absolute Gasteiger partial charge is 0.315 e. The number of hydrogen-bond acceptors (Lipinski definition) is 3. The quantitative estimate of drug-likeness (QED) is 0.804. The number of hydrogen-bond donors (Lipinski definition) is 2. The molecule has 0 fully saturated rings. The molecule has 17 heavy (non-hydrogen) atoms. The number of methoxy groups -OCH3 is 1. The third kappa shape index (κ3) is 5.01. The van der Waals surface area contributed by atoms with E-state index in [2.05, 4.69) is 10.6 Å². The molecule has 0 bridgehead atoms. The predicted octanol–water partition coefficient (Wildman–Crippen LogP) is 1.08. The number of nitrogens with one attached hydrogen (secondary N) is 2. The molecule has 0 aliphatic rings. The van der Waals surface area contributed by atoms with Crippen LogP contribution in [0.25, 0.3) is 0 Å². The summed E-state index contributed by atoms with van der Waals surface area (Å²) in [7, 11) is 1.60. The summed E-state index contributed by atoms with van der Waals surface area (Å²) in [6, 6.07) is 7.03. The molecule has 0 heterocycles. The Morgan fingerprint density at radius 1 is 1.18 bits per heavy atom. The number of ketones is 1. The van der Waals surface area contributed by atoms with Crippen LogP contribution in [0.2, 0.25) is 0 Å². The molecule has 0 saturated carbocycles. The minimum atomic E-state index is -0.351. The molecule has 92 valence electrons. The van der Waals surface area contributed by atoms with Crippen molar-refractivity contribution in [3.8, 4) is 5.75 Å². The minimum Gasteiger partial charge on any atom is -0.497 e. The summed E-state index contributed by atoms with van der Waals surface area (Å²) in [6.07, 6.45) is 0. The van der Waals surface area contributed by atoms with Gasteiger partial charge in [-0.1, -0.05) is 12.1 Å². The number of carbonyl (C=O) groups is 2. The minimum absolute atomic E-state index is 0.0500. The molecule has 5 nitrogen and oxygen atoms in total. The lowest BCUT2D eigenvalue weighted by Crippen LogP contribution is -2.37. The van der Waals surface area contributed by atoms with Gasteiger partial charge in [-0.05, 0) is 24.6 Å². The molecule has 0 aliphatic heterocycles. The fraction of sp³-hybridized carbons (Fsp3) is 0.333. The van der Waals surface area contributed by atoms with Crippen LogP contribution >= 0.6 is 0 Å². The fourth-order valence-corrected chi connectivity index (χ4v) is 1.19. The van der Waals surface area contributed by atoms with Crippen molar-refractivity contribution in [2.75, 3.05) is 13.7 Å². The van der Waals surface area contributed by atoms with E-state index in [0.717, 1.165) is 11.3 Å². The molecule has 0 aromatic heterocycles. The molecule has 2 amide bonds. The van der Waals surface area contributed by atoms with Crippen molar-refractivity contribution in [3.63, 3.8) is 0 Å². The zero-order valence-electron chi connectivity index (χ0n) is 9.95. The van der Waals surface area contributed by atoms with Crippen molar-refractivity contribution in [1.82, 2.24) is 10.6 Å². The van der Waals surface area contributed by atoms with Crippen LogP contribution in [0.3, 0.4) is 0 Å². The average molecular weight is 236 g/mol. The highest BCUT2D eigenvalue weighted by molar-refractivity contribution is 5.83. The molecule has 0 atom stereocenters. The van der Waals surface area contributed by atoms with Crippen molar-refractivity contribution in [1.29, 1.82) is 0 Å². The van der Waals surface area contributed by atoms with Crippen LogP contribution in [0.5, 0.6) is 5.75 Å². The summed E-state index contributed by atoms with van der Waals surface area (Å²) in [6.45, 7) is 1.88. The molecule has 0 spiro atoms. The molecule has 1 aromatic rings. The highest BCUT2D eigenvalue weighted by Crippen LogP contribution is 2.10. The first kappa shape index (κ1) is 13.0. The summed E-state index contributed by atoms with van der Waals surface area (Å²) in [5, 5.41) is 5.10. The molecular weight excluding hydrogens is 220 g/mol. The van der Waals surface area contributed by atoms with Gasteiger partial charge in [-0.15, -0.1) is 0 Å². The first-order valence-electron chi connectivity index (χ1n) is 5.26. The van der Waals surface area contributed by atoms with Gasteiger partial charge in [0.2, 0.25) is 0 Å². The lowest BCUT2D eigenvalue weighted by Gasteiger charge is -2.07. The van der Waals surface area contributed by atoms with E-state index in [1.807, 2.05) is 24.3 Å². The molecule has 0 saturated heterocycles. The van der Waals surface area contributed by atoms with Crippen LogP contribution < -0.4 is 15.4 Å². The first-order chi connectivity index (χ1) is 8.11. The number of urea groups is 1. The molecule has 0 radical (unpaired) electrons. The standard InChI is InChI=1S/C12H16N2O3/c1-9(15)7-13-12(16)14-8-10-3-5-11(17-2)6-4-10/h3-6H,7-8H2,1-2H3,(H2,13,14,16). The topological polar surface area (TPSA) is 67.4 Å². The largest absolute Gasteiger partial charge is 0.497 e. The molecule has 0 unspecified atom stereocenters. The number of carbonyl (C=O) groups excluding carboxylic acids is 2. The molecule has 0 aliphatic carbocycles. The van der Waals surface area contributed by atoms with Crippen LogP contribution in [0, 0.1) is 0 Å². The number of ether oxygens (including phenoxy) is 1. The van der Waals surface area contributed by atoms with Gasteiger partial charge in [0.15, 0.2) is 0 Å². The van der Waals surface area contributed by atoms with Crippen LogP contribution in [-0.4, -0.2) is 25.5 Å². The SMILES string of the molecule is COc1ccc(CNC(=O)NCC(C)=O)cc1. The van der Waals surface area contributed by atoms with E-state index < -0.39 is 0 Å². The van der Waals surface area contributed by atoms with E-state index in [1.54, 1.807) is 7.11 Å². The van der Waals surface area contributed by atoms with Gasteiger partial charge < -0.3 is 15.4 Å². The van der Waals surface area contributed by atoms with Crippen LogP contribution in [-0.2, 0) is 11.3 Å². The Kier molecular flexibility index (Phi) is 5.00. The van der Waals surface area contributed by atoms with E-state index >= 15 is 0 Å². The molecular formula is C12H16N2O3. The van der Waals surface area contributed by atoms with E-state index in [0.29, 0.717) is 6.54 Å². The normalized spacial score (nSPS) is 9.53. The number of amides is 2. The highest BCUT2D eigenvalue weighted by Gasteiger charge is 2.01. The zero-order valence-corrected chi connectivity index (χ0v) is 9.95. The van der Waals surface area contributed by atoms with E-state index in [1.165, 1.54) is 6.92 Å². The van der Waals surface area contributed by atoms with Crippen LogP contribution in [0.1, 0.15) is 12.5 Å². The van der Waals surface area contributed by atoms with Crippen molar-refractivity contribution >= 4 is 11.8 Å². The molecule has 1 rings (SSSR count). The maximum absolute atomic E-state index is 11.2. The third-order valence-electron chi connectivity index (χ3n) is 2.11. The van der Waals surface area contributed by atoms with Gasteiger partial charge >= 0.3 is 6.03 Å². The summed E-state index contributed by atoms with van der Waals surface area (Å²) in [5.41, 5.74) is 0.962. The second-order valence-electron chi connectivity index (χ2n) is 3.59. The van der Waals surface area contributed by atoms with E-state index in [4.69, 9.17) is 4.74 Å². The van der Waals surface area contributed by atoms with Crippen LogP contribution in [0.4, 0.5) is 4.79 Å². The summed E-state index contributed by atoms with van der Waals surface area (Å²) >= 11 is 0. The zero-order chi connectivity index (χ0) is 12.7. The average Bonchev–Trinajstić information content (AvgIpc) is 2.34. The molecule has 1 aromatic carbocycles. The lowest BCUT2D eigenvalue weighted by molar-refractivity contribution is -0.116.